The summed E-state index contributed by atoms with van der Waals surface area (Å²) in [6.45, 7) is 7.47. The first-order valence-corrected chi connectivity index (χ1v) is 13.2. The third-order valence-corrected chi connectivity index (χ3v) is 7.58. The molecule has 5 aromatic rings. The first-order chi connectivity index (χ1) is 19.6. The molecule has 7 rings (SSSR count). The molecule has 200 valence electrons. The molecule has 0 radical (unpaired) electrons. The summed E-state index contributed by atoms with van der Waals surface area (Å²) in [5.74, 6) is 1.41. The zero-order valence-corrected chi connectivity index (χ0v) is 22.0. The van der Waals surface area contributed by atoms with E-state index in [0.717, 1.165) is 63.3 Å². The molecule has 1 saturated heterocycles. The van der Waals surface area contributed by atoms with Gasteiger partial charge >= 0.3 is 6.01 Å². The van der Waals surface area contributed by atoms with Crippen LogP contribution in [-0.4, -0.2) is 58.6 Å². The number of hydrogen-bond acceptors (Lipinski definition) is 8. The molecule has 0 bridgehead atoms. The van der Waals surface area contributed by atoms with Gasteiger partial charge in [0.1, 0.15) is 23.5 Å². The van der Waals surface area contributed by atoms with Crippen molar-refractivity contribution in [2.75, 3.05) is 18.4 Å². The van der Waals surface area contributed by atoms with E-state index in [2.05, 4.69) is 49.1 Å². The van der Waals surface area contributed by atoms with Crippen molar-refractivity contribution in [2.24, 2.45) is 0 Å². The standard InChI is InChI=1S/C29H27N9O2/c1-3-23(39)37-10-7-20(8-11-37)38-15-19(14-34-38)26-24-22-5-4-21(40-29-30-9-6-17(2)35-29)12-18(22)13-31-27-25(24)28(36-26)33-16-32-27/h3-6,9,12,14-16,20H,1,7-8,10-11,13H2,2H3,(H2,31,32,33,36). The molecule has 0 unspecified atom stereocenters. The maximum Gasteiger partial charge on any atom is 0.322 e. The van der Waals surface area contributed by atoms with Crippen LogP contribution < -0.4 is 10.1 Å². The van der Waals surface area contributed by atoms with Crippen LogP contribution in [0.2, 0.25) is 0 Å². The molecule has 4 aromatic heterocycles. The number of nitrogens with zero attached hydrogens (tertiary/aromatic N) is 7. The van der Waals surface area contributed by atoms with Gasteiger partial charge in [-0.25, -0.2) is 19.9 Å². The van der Waals surface area contributed by atoms with Gasteiger partial charge in [0.25, 0.3) is 0 Å². The van der Waals surface area contributed by atoms with Gasteiger partial charge in [0.2, 0.25) is 5.91 Å². The first kappa shape index (κ1) is 24.0. The van der Waals surface area contributed by atoms with E-state index in [4.69, 9.17) is 9.84 Å². The molecule has 11 heteroatoms. The summed E-state index contributed by atoms with van der Waals surface area (Å²) in [7, 11) is 0. The second-order valence-electron chi connectivity index (χ2n) is 10.0. The number of fused-ring (bicyclic) bond motifs is 2. The number of benzene rings is 1. The van der Waals surface area contributed by atoms with Crippen molar-refractivity contribution in [1.29, 1.82) is 0 Å². The van der Waals surface area contributed by atoms with Crippen molar-refractivity contribution in [3.63, 3.8) is 0 Å². The lowest BCUT2D eigenvalue weighted by atomic mass is 9.96. The number of carbonyl (C=O) groups excluding carboxylic acids is 1. The van der Waals surface area contributed by atoms with Crippen LogP contribution in [0.3, 0.4) is 0 Å². The van der Waals surface area contributed by atoms with Gasteiger partial charge in [-0.3, -0.25) is 9.48 Å². The molecule has 1 aromatic carbocycles. The van der Waals surface area contributed by atoms with Crippen molar-refractivity contribution in [3.05, 3.63) is 73.1 Å². The van der Waals surface area contributed by atoms with E-state index in [1.165, 1.54) is 6.08 Å². The highest BCUT2D eigenvalue weighted by Gasteiger charge is 2.27. The summed E-state index contributed by atoms with van der Waals surface area (Å²) >= 11 is 0. The van der Waals surface area contributed by atoms with E-state index in [0.29, 0.717) is 31.4 Å². The van der Waals surface area contributed by atoms with Crippen molar-refractivity contribution in [3.8, 4) is 34.1 Å². The number of aromatic nitrogens is 7. The number of piperidine rings is 1. The lowest BCUT2D eigenvalue weighted by Gasteiger charge is -2.31. The molecular formula is C29H27N9O2. The molecule has 0 saturated carbocycles. The molecular weight excluding hydrogens is 506 g/mol. The summed E-state index contributed by atoms with van der Waals surface area (Å²) in [5, 5.41) is 9.14. The van der Waals surface area contributed by atoms with Gasteiger partial charge in [0.15, 0.2) is 0 Å². The lowest BCUT2D eigenvalue weighted by molar-refractivity contribution is -0.127. The maximum atomic E-state index is 12.0. The average Bonchev–Trinajstić information content (AvgIpc) is 3.57. The van der Waals surface area contributed by atoms with Gasteiger partial charge < -0.3 is 19.9 Å². The predicted molar refractivity (Wildman–Crippen MR) is 150 cm³/mol. The maximum absolute atomic E-state index is 12.0. The van der Waals surface area contributed by atoms with Crippen LogP contribution in [0, 0.1) is 6.92 Å². The van der Waals surface area contributed by atoms with Crippen LogP contribution >= 0.6 is 0 Å². The molecule has 2 N–H and O–H groups in total. The third kappa shape index (κ3) is 4.15. The van der Waals surface area contributed by atoms with Gasteiger partial charge in [-0.05, 0) is 55.2 Å². The van der Waals surface area contributed by atoms with Crippen molar-refractivity contribution in [1.82, 2.24) is 39.6 Å². The minimum Gasteiger partial charge on any atom is -0.424 e. The Hall–Kier alpha value is -5.06. The number of nitrogens with one attached hydrogen (secondary N) is 2. The van der Waals surface area contributed by atoms with E-state index >= 15 is 0 Å². The predicted octanol–water partition coefficient (Wildman–Crippen LogP) is 4.65. The fraction of sp³-hybridized carbons (Fsp3) is 0.241. The van der Waals surface area contributed by atoms with E-state index < -0.39 is 0 Å². The Kier molecular flexibility index (Phi) is 5.76. The number of likely N-dealkylation sites (tertiary alicyclic amines) is 1. The molecule has 11 nitrogen and oxygen atoms in total. The molecule has 2 aliphatic heterocycles. The summed E-state index contributed by atoms with van der Waals surface area (Å²) in [6.07, 6.45) is 10.3. The van der Waals surface area contributed by atoms with Crippen molar-refractivity contribution >= 4 is 22.8 Å². The van der Waals surface area contributed by atoms with Gasteiger partial charge in [-0.15, -0.1) is 0 Å². The van der Waals surface area contributed by atoms with Gasteiger partial charge in [-0.2, -0.15) is 5.10 Å². The molecule has 1 fully saturated rings. The Balaban J connectivity index is 1.25. The number of amides is 1. The quantitative estimate of drug-likeness (QED) is 0.313. The summed E-state index contributed by atoms with van der Waals surface area (Å²) in [6, 6.07) is 8.38. The minimum atomic E-state index is -0.0167. The molecule has 6 heterocycles. The Labute approximate surface area is 230 Å². The normalized spacial score (nSPS) is 14.9. The van der Waals surface area contributed by atoms with Crippen molar-refractivity contribution in [2.45, 2.75) is 32.4 Å². The lowest BCUT2D eigenvalue weighted by Crippen LogP contribution is -2.38. The number of carbonyl (C=O) groups is 1. The van der Waals surface area contributed by atoms with Gasteiger partial charge in [-0.1, -0.05) is 12.6 Å². The molecule has 1 amide bonds. The Morgan fingerprint density at radius 3 is 2.88 bits per heavy atom. The van der Waals surface area contributed by atoms with Gasteiger partial charge in [0.05, 0.1) is 23.3 Å². The SMILES string of the molecule is C=CC(=O)N1CCC(n2cc(-c3[nH]c4ncnc5c4c3-c3ccc(Oc4nccc(C)n4)cc3CN5)cn2)CC1. The monoisotopic (exact) mass is 533 g/mol. The van der Waals surface area contributed by atoms with Crippen LogP contribution in [0.5, 0.6) is 11.8 Å². The number of hydrogen-bond donors (Lipinski definition) is 2. The molecule has 40 heavy (non-hydrogen) atoms. The second kappa shape index (κ2) is 9.60. The zero-order chi connectivity index (χ0) is 27.2. The minimum absolute atomic E-state index is 0.0167. The number of aryl methyl sites for hydroxylation is 1. The van der Waals surface area contributed by atoms with E-state index in [9.17, 15) is 4.79 Å². The molecule has 0 atom stereocenters. The fourth-order valence-corrected chi connectivity index (χ4v) is 5.57. The fourth-order valence-electron chi connectivity index (χ4n) is 5.57. The topological polar surface area (TPSA) is 127 Å². The second-order valence-corrected chi connectivity index (χ2v) is 10.0. The first-order valence-electron chi connectivity index (χ1n) is 13.2. The van der Waals surface area contributed by atoms with E-state index in [1.807, 2.05) is 40.9 Å². The summed E-state index contributed by atoms with van der Waals surface area (Å²) < 4.78 is 8.00. The highest BCUT2D eigenvalue weighted by atomic mass is 16.5. The van der Waals surface area contributed by atoms with E-state index in [-0.39, 0.29) is 11.9 Å². The van der Waals surface area contributed by atoms with E-state index in [1.54, 1.807) is 12.5 Å². The summed E-state index contributed by atoms with van der Waals surface area (Å²) in [5.41, 5.74) is 6.63. The average molecular weight is 534 g/mol. The highest BCUT2D eigenvalue weighted by Crippen LogP contribution is 2.44. The smallest absolute Gasteiger partial charge is 0.322 e. The van der Waals surface area contributed by atoms with Crippen LogP contribution in [0.25, 0.3) is 33.4 Å². The van der Waals surface area contributed by atoms with Gasteiger partial charge in [0, 0.05) is 48.8 Å². The number of aromatic amines is 1. The van der Waals surface area contributed by atoms with Crippen LogP contribution in [0.4, 0.5) is 5.82 Å². The Morgan fingerprint density at radius 2 is 2.05 bits per heavy atom. The molecule has 0 aliphatic carbocycles. The zero-order valence-electron chi connectivity index (χ0n) is 22.0. The Morgan fingerprint density at radius 1 is 1.18 bits per heavy atom. The third-order valence-electron chi connectivity index (χ3n) is 7.58. The molecule has 2 aliphatic rings. The summed E-state index contributed by atoms with van der Waals surface area (Å²) in [4.78, 5) is 35.0. The van der Waals surface area contributed by atoms with Crippen LogP contribution in [0.1, 0.15) is 30.1 Å². The van der Waals surface area contributed by atoms with Crippen LogP contribution in [0.15, 0.2) is 61.8 Å². The largest absolute Gasteiger partial charge is 0.424 e. The van der Waals surface area contributed by atoms with Crippen LogP contribution in [-0.2, 0) is 11.3 Å². The number of anilines is 1. The Bertz CT molecular complexity index is 1760. The number of rotatable bonds is 5. The molecule has 0 spiro atoms. The number of ether oxygens (including phenoxy) is 1. The highest BCUT2D eigenvalue weighted by molar-refractivity contribution is 6.08. The van der Waals surface area contributed by atoms with Crippen molar-refractivity contribution < 1.29 is 9.53 Å². The number of H-pyrrole nitrogens is 1.